The zero-order valence-electron chi connectivity index (χ0n) is 12.4. The Balaban J connectivity index is 2.10. The third-order valence-electron chi connectivity index (χ3n) is 3.58. The van der Waals surface area contributed by atoms with E-state index in [9.17, 15) is 9.18 Å². The smallest absolute Gasteiger partial charge is 0.351 e. The van der Waals surface area contributed by atoms with E-state index in [4.69, 9.17) is 4.74 Å². The lowest BCUT2D eigenvalue weighted by Crippen LogP contribution is -2.14. The number of carbonyl (C=O) groups is 1. The molecule has 22 heavy (non-hydrogen) atoms. The highest BCUT2D eigenvalue weighted by Crippen LogP contribution is 2.41. The highest BCUT2D eigenvalue weighted by atomic mass is 127. The summed E-state index contributed by atoms with van der Waals surface area (Å²) < 4.78 is 22.6. The summed E-state index contributed by atoms with van der Waals surface area (Å²) in [5.74, 6) is -0.576. The van der Waals surface area contributed by atoms with Crippen LogP contribution in [0.5, 0.6) is 0 Å². The molecule has 0 aliphatic carbocycles. The number of esters is 1. The molecular formula is C15H17FI2O2S2. The Hall–Kier alpha value is 0.520. The van der Waals surface area contributed by atoms with Crippen LogP contribution in [0.4, 0.5) is 4.39 Å². The fraction of sp³-hybridized carbons (Fsp3) is 0.533. The highest BCUT2D eigenvalue weighted by molar-refractivity contribution is 14.1. The standard InChI is InChI=1S/C15H17FI2O2S2/c1-3-5-6-8(4-2)7-20-15(19)12-10(16)9-11(21-12)14(18)22-13(9)17/h8H,3-7H2,1-2H3. The van der Waals surface area contributed by atoms with E-state index < -0.39 is 11.8 Å². The molecule has 7 heteroatoms. The van der Waals surface area contributed by atoms with E-state index in [2.05, 4.69) is 59.0 Å². The molecule has 2 heterocycles. The van der Waals surface area contributed by atoms with Gasteiger partial charge in [0.25, 0.3) is 0 Å². The summed E-state index contributed by atoms with van der Waals surface area (Å²) in [5.41, 5.74) is 0. The first-order chi connectivity index (χ1) is 10.5. The van der Waals surface area contributed by atoms with Gasteiger partial charge in [0, 0.05) is 0 Å². The van der Waals surface area contributed by atoms with E-state index >= 15 is 0 Å². The minimum absolute atomic E-state index is 0.110. The van der Waals surface area contributed by atoms with E-state index in [1.54, 1.807) is 11.3 Å². The molecule has 0 saturated carbocycles. The van der Waals surface area contributed by atoms with Crippen LogP contribution in [0.3, 0.4) is 0 Å². The molecule has 2 rings (SSSR count). The second-order valence-electron chi connectivity index (χ2n) is 5.11. The Labute approximate surface area is 165 Å². The first-order valence-electron chi connectivity index (χ1n) is 7.22. The number of ether oxygens (including phenoxy) is 1. The number of rotatable bonds is 7. The maximum Gasteiger partial charge on any atom is 0.351 e. The van der Waals surface area contributed by atoms with Crippen LogP contribution in [-0.4, -0.2) is 12.6 Å². The Morgan fingerprint density at radius 1 is 1.27 bits per heavy atom. The van der Waals surface area contributed by atoms with Crippen molar-refractivity contribution in [3.63, 3.8) is 0 Å². The fourth-order valence-electron chi connectivity index (χ4n) is 2.19. The normalized spacial score (nSPS) is 12.8. The first-order valence-corrected chi connectivity index (χ1v) is 11.0. The van der Waals surface area contributed by atoms with Gasteiger partial charge in [-0.1, -0.05) is 33.1 Å². The first kappa shape index (κ1) is 18.9. The Morgan fingerprint density at radius 2 is 2.00 bits per heavy atom. The van der Waals surface area contributed by atoms with Gasteiger partial charge in [-0.2, -0.15) is 0 Å². The summed E-state index contributed by atoms with van der Waals surface area (Å²) in [7, 11) is 0. The number of fused-ring (bicyclic) bond motifs is 1. The molecule has 2 aromatic rings. The van der Waals surface area contributed by atoms with E-state index in [0.717, 1.165) is 36.2 Å². The van der Waals surface area contributed by atoms with Crippen molar-refractivity contribution < 1.29 is 13.9 Å². The summed E-state index contributed by atoms with van der Waals surface area (Å²) in [6.45, 7) is 4.63. The third-order valence-corrected chi connectivity index (χ3v) is 8.41. The molecule has 122 valence electrons. The molecule has 0 aliphatic heterocycles. The lowest BCUT2D eigenvalue weighted by molar-refractivity contribution is 0.0429. The molecule has 0 saturated heterocycles. The molecule has 0 amide bonds. The average molecular weight is 566 g/mol. The van der Waals surface area contributed by atoms with Crippen LogP contribution in [0.15, 0.2) is 0 Å². The predicted molar refractivity (Wildman–Crippen MR) is 109 cm³/mol. The molecule has 2 aromatic heterocycles. The maximum atomic E-state index is 14.5. The summed E-state index contributed by atoms with van der Waals surface area (Å²) in [6, 6.07) is 0. The van der Waals surface area contributed by atoms with Crippen LogP contribution in [0, 0.1) is 17.5 Å². The zero-order chi connectivity index (χ0) is 16.3. The van der Waals surface area contributed by atoms with Gasteiger partial charge in [0.15, 0.2) is 5.82 Å². The van der Waals surface area contributed by atoms with Crippen molar-refractivity contribution in [1.82, 2.24) is 0 Å². The van der Waals surface area contributed by atoms with Gasteiger partial charge >= 0.3 is 5.97 Å². The van der Waals surface area contributed by atoms with Gasteiger partial charge in [0.05, 0.1) is 22.5 Å². The minimum atomic E-state index is -0.523. The van der Waals surface area contributed by atoms with Crippen molar-refractivity contribution in [2.45, 2.75) is 39.5 Å². The van der Waals surface area contributed by atoms with Crippen molar-refractivity contribution >= 4 is 83.9 Å². The molecule has 1 atom stereocenters. The lowest BCUT2D eigenvalue weighted by atomic mass is 10.0. The molecule has 0 radical (unpaired) electrons. The Morgan fingerprint density at radius 3 is 2.59 bits per heavy atom. The van der Waals surface area contributed by atoms with Crippen molar-refractivity contribution in [3.05, 3.63) is 16.5 Å². The van der Waals surface area contributed by atoms with Crippen LogP contribution in [-0.2, 0) is 4.74 Å². The van der Waals surface area contributed by atoms with Crippen LogP contribution in [0.25, 0.3) is 10.1 Å². The zero-order valence-corrected chi connectivity index (χ0v) is 18.3. The van der Waals surface area contributed by atoms with Gasteiger partial charge in [-0.3, -0.25) is 0 Å². The number of hydrogen-bond acceptors (Lipinski definition) is 4. The highest BCUT2D eigenvalue weighted by Gasteiger charge is 2.25. The Bertz CT molecular complexity index is 666. The number of carbonyl (C=O) groups excluding carboxylic acids is 1. The SMILES string of the molecule is CCCCC(CC)COC(=O)c1sc2c(I)sc(I)c2c1F. The van der Waals surface area contributed by atoms with Crippen molar-refractivity contribution in [3.8, 4) is 0 Å². The molecule has 0 bridgehead atoms. The monoisotopic (exact) mass is 566 g/mol. The number of thiophene rings is 2. The topological polar surface area (TPSA) is 26.3 Å². The molecular weight excluding hydrogens is 549 g/mol. The third kappa shape index (κ3) is 4.13. The fourth-order valence-corrected chi connectivity index (χ4v) is 7.94. The number of unbranched alkanes of at least 4 members (excludes halogenated alkanes) is 1. The second-order valence-corrected chi connectivity index (χ2v) is 10.8. The summed E-state index contributed by atoms with van der Waals surface area (Å²) in [5, 5.41) is 0.574. The van der Waals surface area contributed by atoms with Crippen molar-refractivity contribution in [2.24, 2.45) is 5.92 Å². The maximum absolute atomic E-state index is 14.5. The molecule has 0 N–H and O–H groups in total. The van der Waals surface area contributed by atoms with Gasteiger partial charge < -0.3 is 4.74 Å². The van der Waals surface area contributed by atoms with Crippen LogP contribution in [0.2, 0.25) is 0 Å². The minimum Gasteiger partial charge on any atom is -0.461 e. The summed E-state index contributed by atoms with van der Waals surface area (Å²) >= 11 is 7.07. The quantitative estimate of drug-likeness (QED) is 0.276. The van der Waals surface area contributed by atoms with Gasteiger partial charge in [-0.25, -0.2) is 9.18 Å². The van der Waals surface area contributed by atoms with E-state index in [0.29, 0.717) is 17.9 Å². The number of halogens is 3. The molecule has 0 fully saturated rings. The summed E-state index contributed by atoms with van der Waals surface area (Å²) in [4.78, 5) is 12.3. The van der Waals surface area contributed by atoms with Gasteiger partial charge in [-0.05, 0) is 57.5 Å². The predicted octanol–water partition coefficient (Wildman–Crippen LogP) is 6.68. The molecule has 2 nitrogen and oxygen atoms in total. The van der Waals surface area contributed by atoms with Gasteiger partial charge in [-0.15, -0.1) is 22.7 Å². The van der Waals surface area contributed by atoms with Crippen molar-refractivity contribution in [2.75, 3.05) is 6.61 Å². The molecule has 0 aliphatic rings. The molecule has 1 unspecified atom stereocenters. The van der Waals surface area contributed by atoms with Gasteiger partial charge in [0.2, 0.25) is 0 Å². The second kappa shape index (κ2) is 8.57. The Kier molecular flexibility index (Phi) is 7.34. The van der Waals surface area contributed by atoms with E-state index in [-0.39, 0.29) is 4.88 Å². The van der Waals surface area contributed by atoms with E-state index in [1.807, 2.05) is 0 Å². The molecule has 0 spiro atoms. The van der Waals surface area contributed by atoms with Gasteiger partial charge in [0.1, 0.15) is 4.88 Å². The average Bonchev–Trinajstić information content (AvgIpc) is 2.98. The van der Waals surface area contributed by atoms with Crippen LogP contribution >= 0.6 is 67.9 Å². The number of hydrogen-bond donors (Lipinski definition) is 0. The van der Waals surface area contributed by atoms with Crippen molar-refractivity contribution in [1.29, 1.82) is 0 Å². The largest absolute Gasteiger partial charge is 0.461 e. The molecule has 0 aromatic carbocycles. The van der Waals surface area contributed by atoms with Crippen LogP contribution in [0.1, 0.15) is 49.2 Å². The van der Waals surface area contributed by atoms with Crippen LogP contribution < -0.4 is 0 Å². The van der Waals surface area contributed by atoms with E-state index in [1.165, 1.54) is 11.3 Å². The summed E-state index contributed by atoms with van der Waals surface area (Å²) in [6.07, 6.45) is 4.30. The lowest BCUT2D eigenvalue weighted by Gasteiger charge is -2.14.